The normalized spacial score (nSPS) is 23.0. The highest BCUT2D eigenvalue weighted by Crippen LogP contribution is 2.33. The van der Waals surface area contributed by atoms with Crippen LogP contribution >= 0.6 is 0 Å². The molecule has 0 aliphatic carbocycles. The molecule has 7 nitrogen and oxygen atoms in total. The molecule has 0 saturated carbocycles. The molecule has 7 heteroatoms. The predicted molar refractivity (Wildman–Crippen MR) is 114 cm³/mol. The van der Waals surface area contributed by atoms with Crippen molar-refractivity contribution in [2.75, 3.05) is 39.5 Å². The van der Waals surface area contributed by atoms with Gasteiger partial charge in [-0.15, -0.1) is 0 Å². The van der Waals surface area contributed by atoms with E-state index in [0.717, 1.165) is 49.0 Å². The minimum absolute atomic E-state index is 0.00352. The number of ether oxygens (including phenoxy) is 4. The van der Waals surface area contributed by atoms with E-state index < -0.39 is 11.7 Å². The zero-order valence-electron chi connectivity index (χ0n) is 18.6. The van der Waals surface area contributed by atoms with Gasteiger partial charge in [0.1, 0.15) is 5.75 Å². The maximum atomic E-state index is 13.0. The number of carbonyl (C=O) groups excluding carboxylic acids is 2. The van der Waals surface area contributed by atoms with Crippen molar-refractivity contribution in [1.82, 2.24) is 4.90 Å². The summed E-state index contributed by atoms with van der Waals surface area (Å²) in [5.41, 5.74) is 2.01. The molecule has 0 bridgehead atoms. The molecule has 3 aliphatic heterocycles. The van der Waals surface area contributed by atoms with Crippen LogP contribution in [0.4, 0.5) is 0 Å². The second-order valence-corrected chi connectivity index (χ2v) is 8.76. The molecule has 2 fully saturated rings. The summed E-state index contributed by atoms with van der Waals surface area (Å²) in [5, 5.41) is 0. The first kappa shape index (κ1) is 22.1. The van der Waals surface area contributed by atoms with Crippen molar-refractivity contribution in [3.63, 3.8) is 0 Å². The lowest BCUT2D eigenvalue weighted by Crippen LogP contribution is -2.35. The Kier molecular flexibility index (Phi) is 6.82. The maximum Gasteiger partial charge on any atom is 0.315 e. The van der Waals surface area contributed by atoms with Crippen LogP contribution in [0.2, 0.25) is 0 Å². The van der Waals surface area contributed by atoms with Crippen molar-refractivity contribution in [3.8, 4) is 5.75 Å². The molecule has 3 heterocycles. The first-order chi connectivity index (χ1) is 15.0. The molecule has 1 aromatic carbocycles. The third kappa shape index (κ3) is 5.04. The van der Waals surface area contributed by atoms with Crippen LogP contribution < -0.4 is 4.74 Å². The Bertz CT molecular complexity index is 803. The molecule has 1 aromatic rings. The summed E-state index contributed by atoms with van der Waals surface area (Å²) < 4.78 is 22.3. The highest BCUT2D eigenvalue weighted by atomic mass is 16.7. The lowest BCUT2D eigenvalue weighted by atomic mass is 9.96. The number of amides is 1. The van der Waals surface area contributed by atoms with Crippen molar-refractivity contribution in [1.29, 1.82) is 0 Å². The van der Waals surface area contributed by atoms with Gasteiger partial charge in [-0.05, 0) is 50.3 Å². The van der Waals surface area contributed by atoms with Crippen molar-refractivity contribution in [2.45, 2.75) is 57.7 Å². The van der Waals surface area contributed by atoms with Gasteiger partial charge in [0.2, 0.25) is 5.91 Å². The number of hydrogen-bond acceptors (Lipinski definition) is 6. The van der Waals surface area contributed by atoms with Crippen LogP contribution in [-0.4, -0.2) is 62.1 Å². The van der Waals surface area contributed by atoms with Crippen LogP contribution in [0.25, 0.3) is 0 Å². The molecule has 2 atom stereocenters. The van der Waals surface area contributed by atoms with E-state index in [1.807, 2.05) is 30.0 Å². The first-order valence-corrected chi connectivity index (χ1v) is 11.5. The van der Waals surface area contributed by atoms with E-state index in [1.54, 1.807) is 6.92 Å². The number of fused-ring (bicyclic) bond motifs is 1. The van der Waals surface area contributed by atoms with E-state index in [4.69, 9.17) is 18.9 Å². The van der Waals surface area contributed by atoms with Crippen LogP contribution in [0.5, 0.6) is 5.75 Å². The van der Waals surface area contributed by atoms with Crippen molar-refractivity contribution in [2.24, 2.45) is 5.92 Å². The highest BCUT2D eigenvalue weighted by Gasteiger charge is 2.36. The Morgan fingerprint density at radius 1 is 1.29 bits per heavy atom. The van der Waals surface area contributed by atoms with Gasteiger partial charge in [0.25, 0.3) is 0 Å². The van der Waals surface area contributed by atoms with E-state index >= 15 is 0 Å². The fraction of sp³-hybridized carbons (Fsp3) is 0.667. The third-order valence-electron chi connectivity index (χ3n) is 6.59. The van der Waals surface area contributed by atoms with Crippen LogP contribution in [0.1, 0.15) is 56.6 Å². The molecule has 1 amide bonds. The van der Waals surface area contributed by atoms with Gasteiger partial charge in [0.05, 0.1) is 32.3 Å². The van der Waals surface area contributed by atoms with Gasteiger partial charge < -0.3 is 23.8 Å². The fourth-order valence-corrected chi connectivity index (χ4v) is 4.80. The van der Waals surface area contributed by atoms with Gasteiger partial charge in [-0.1, -0.05) is 12.1 Å². The summed E-state index contributed by atoms with van der Waals surface area (Å²) in [4.78, 5) is 27.6. The standard InChI is InChI=1S/C24H33NO6/c1-3-28-23(27)20(19-7-6-17-9-12-29-21(17)15-19)16-25-11-8-18(22(25)26)5-4-10-24(2)30-13-14-31-24/h6-7,15,18,20H,3-5,8-14,16H2,1-2H3/t18-,20?/m0/s1. The van der Waals surface area contributed by atoms with Gasteiger partial charge in [-0.25, -0.2) is 0 Å². The molecule has 0 spiro atoms. The largest absolute Gasteiger partial charge is 0.493 e. The van der Waals surface area contributed by atoms with E-state index in [-0.39, 0.29) is 17.8 Å². The fourth-order valence-electron chi connectivity index (χ4n) is 4.80. The molecule has 2 saturated heterocycles. The molecule has 0 N–H and O–H groups in total. The molecular formula is C24H33NO6. The molecule has 1 unspecified atom stereocenters. The van der Waals surface area contributed by atoms with E-state index in [1.165, 1.54) is 0 Å². The Morgan fingerprint density at radius 2 is 2.10 bits per heavy atom. The molecular weight excluding hydrogens is 398 g/mol. The Hall–Kier alpha value is -2.12. The zero-order chi connectivity index (χ0) is 21.8. The lowest BCUT2D eigenvalue weighted by Gasteiger charge is -2.24. The molecule has 31 heavy (non-hydrogen) atoms. The van der Waals surface area contributed by atoms with E-state index in [2.05, 4.69) is 0 Å². The van der Waals surface area contributed by atoms with Crippen LogP contribution in [-0.2, 0) is 30.2 Å². The summed E-state index contributed by atoms with van der Waals surface area (Å²) in [6.07, 6.45) is 4.19. The van der Waals surface area contributed by atoms with Gasteiger partial charge in [0.15, 0.2) is 5.79 Å². The second kappa shape index (κ2) is 9.57. The quantitative estimate of drug-likeness (QED) is 0.560. The molecule has 4 rings (SSSR count). The average molecular weight is 432 g/mol. The summed E-state index contributed by atoms with van der Waals surface area (Å²) in [7, 11) is 0. The van der Waals surface area contributed by atoms with Gasteiger partial charge >= 0.3 is 5.97 Å². The zero-order valence-corrected chi connectivity index (χ0v) is 18.6. The molecule has 0 aromatic heterocycles. The Labute approximate surface area is 184 Å². The first-order valence-electron chi connectivity index (χ1n) is 11.5. The number of likely N-dealkylation sites (tertiary alicyclic amines) is 1. The third-order valence-corrected chi connectivity index (χ3v) is 6.59. The number of rotatable bonds is 9. The highest BCUT2D eigenvalue weighted by molar-refractivity contribution is 5.83. The topological polar surface area (TPSA) is 74.3 Å². The monoisotopic (exact) mass is 431 g/mol. The summed E-state index contributed by atoms with van der Waals surface area (Å²) in [6.45, 7) is 7.04. The summed E-state index contributed by atoms with van der Waals surface area (Å²) >= 11 is 0. The van der Waals surface area contributed by atoms with Crippen LogP contribution in [0.15, 0.2) is 18.2 Å². The summed E-state index contributed by atoms with van der Waals surface area (Å²) in [5.74, 6) is -0.341. The minimum Gasteiger partial charge on any atom is -0.493 e. The van der Waals surface area contributed by atoms with Gasteiger partial charge in [-0.3, -0.25) is 9.59 Å². The van der Waals surface area contributed by atoms with Gasteiger partial charge in [-0.2, -0.15) is 0 Å². The number of benzene rings is 1. The molecule has 170 valence electrons. The number of nitrogens with zero attached hydrogens (tertiary/aromatic N) is 1. The van der Waals surface area contributed by atoms with Crippen LogP contribution in [0.3, 0.4) is 0 Å². The van der Waals surface area contributed by atoms with Crippen molar-refractivity contribution in [3.05, 3.63) is 29.3 Å². The number of hydrogen-bond donors (Lipinski definition) is 0. The van der Waals surface area contributed by atoms with Gasteiger partial charge in [0, 0.05) is 31.8 Å². The Morgan fingerprint density at radius 3 is 2.87 bits per heavy atom. The lowest BCUT2D eigenvalue weighted by molar-refractivity contribution is -0.149. The maximum absolute atomic E-state index is 13.0. The van der Waals surface area contributed by atoms with Crippen LogP contribution in [0, 0.1) is 5.92 Å². The minimum atomic E-state index is -0.508. The van der Waals surface area contributed by atoms with E-state index in [9.17, 15) is 9.59 Å². The number of carbonyl (C=O) groups is 2. The second-order valence-electron chi connectivity index (χ2n) is 8.76. The van der Waals surface area contributed by atoms with Crippen molar-refractivity contribution < 1.29 is 28.5 Å². The smallest absolute Gasteiger partial charge is 0.315 e. The SMILES string of the molecule is CCOC(=O)C(CN1CC[C@H](CCCC2(C)OCCO2)C1=O)c1ccc2c(c1)OCC2. The average Bonchev–Trinajstić information content (AvgIpc) is 3.48. The number of esters is 1. The summed E-state index contributed by atoms with van der Waals surface area (Å²) in [6, 6.07) is 5.92. The Balaban J connectivity index is 1.37. The molecule has 0 radical (unpaired) electrons. The van der Waals surface area contributed by atoms with Crippen molar-refractivity contribution >= 4 is 11.9 Å². The predicted octanol–water partition coefficient (Wildman–Crippen LogP) is 3.05. The van der Waals surface area contributed by atoms with E-state index in [0.29, 0.717) is 39.5 Å². The molecule has 3 aliphatic rings.